The van der Waals surface area contributed by atoms with Gasteiger partial charge in [0.1, 0.15) is 0 Å². The van der Waals surface area contributed by atoms with Crippen LogP contribution in [-0.2, 0) is 6.54 Å². The number of nitrogens with one attached hydrogen (secondary N) is 1. The van der Waals surface area contributed by atoms with Gasteiger partial charge in [-0.1, -0.05) is 30.3 Å². The Morgan fingerprint density at radius 3 is 2.87 bits per heavy atom. The fourth-order valence-corrected chi connectivity index (χ4v) is 3.14. The van der Waals surface area contributed by atoms with Gasteiger partial charge in [-0.3, -0.25) is 9.48 Å². The summed E-state index contributed by atoms with van der Waals surface area (Å²) >= 11 is 0. The van der Waals surface area contributed by atoms with Gasteiger partial charge in [0.25, 0.3) is 5.91 Å². The van der Waals surface area contributed by atoms with Crippen molar-refractivity contribution in [3.63, 3.8) is 0 Å². The first kappa shape index (κ1) is 15.7. The molecule has 1 N–H and O–H groups in total. The fourth-order valence-electron chi connectivity index (χ4n) is 3.14. The summed E-state index contributed by atoms with van der Waals surface area (Å²) in [6.07, 6.45) is 3.89. The normalized spacial score (nSPS) is 18.2. The van der Waals surface area contributed by atoms with Gasteiger partial charge < -0.3 is 10.2 Å². The summed E-state index contributed by atoms with van der Waals surface area (Å²) in [5.41, 5.74) is 2.84. The molecule has 3 rings (SSSR count). The van der Waals surface area contributed by atoms with Crippen LogP contribution in [0.1, 0.15) is 34.5 Å². The number of amides is 1. The predicted octanol–water partition coefficient (Wildman–Crippen LogP) is 2.06. The third kappa shape index (κ3) is 3.45. The summed E-state index contributed by atoms with van der Waals surface area (Å²) in [6.45, 7) is 4.28. The Morgan fingerprint density at radius 2 is 2.13 bits per heavy atom. The zero-order valence-corrected chi connectivity index (χ0v) is 13.8. The average Bonchev–Trinajstić information content (AvgIpc) is 2.96. The Balaban J connectivity index is 1.74. The molecule has 2 heterocycles. The van der Waals surface area contributed by atoms with E-state index in [0.717, 1.165) is 37.2 Å². The van der Waals surface area contributed by atoms with Crippen LogP contribution in [0.2, 0.25) is 0 Å². The number of likely N-dealkylation sites (N-methyl/N-ethyl adjacent to an activating group) is 1. The molecule has 1 aliphatic rings. The van der Waals surface area contributed by atoms with Gasteiger partial charge in [0.2, 0.25) is 0 Å². The van der Waals surface area contributed by atoms with Crippen LogP contribution in [0.3, 0.4) is 0 Å². The lowest BCUT2D eigenvalue weighted by molar-refractivity contribution is 0.0697. The zero-order chi connectivity index (χ0) is 16.2. The number of carbonyl (C=O) groups is 1. The van der Waals surface area contributed by atoms with E-state index in [-0.39, 0.29) is 5.91 Å². The number of piperidine rings is 1. The van der Waals surface area contributed by atoms with E-state index in [9.17, 15) is 4.79 Å². The third-order valence-corrected chi connectivity index (χ3v) is 4.63. The molecule has 0 radical (unpaired) electrons. The van der Waals surface area contributed by atoms with E-state index >= 15 is 0 Å². The maximum absolute atomic E-state index is 12.8. The lowest BCUT2D eigenvalue weighted by atomic mass is 10.0. The first-order valence-corrected chi connectivity index (χ1v) is 8.22. The molecule has 0 aliphatic carbocycles. The molecule has 1 aromatic carbocycles. The molecule has 0 spiro atoms. The second-order valence-electron chi connectivity index (χ2n) is 6.17. The van der Waals surface area contributed by atoms with Crippen molar-refractivity contribution in [2.75, 3.05) is 20.1 Å². The van der Waals surface area contributed by atoms with Crippen LogP contribution in [0.15, 0.2) is 36.5 Å². The van der Waals surface area contributed by atoms with Crippen LogP contribution in [0.4, 0.5) is 0 Å². The Kier molecular flexibility index (Phi) is 4.76. The third-order valence-electron chi connectivity index (χ3n) is 4.63. The predicted molar refractivity (Wildman–Crippen MR) is 90.5 cm³/mol. The second kappa shape index (κ2) is 6.96. The maximum atomic E-state index is 12.8. The first-order chi connectivity index (χ1) is 11.2. The molecule has 1 unspecified atom stereocenters. The highest BCUT2D eigenvalue weighted by Crippen LogP contribution is 2.17. The number of nitrogens with zero attached hydrogens (tertiary/aromatic N) is 3. The molecular formula is C18H24N4O. The largest absolute Gasteiger partial charge is 0.337 e. The van der Waals surface area contributed by atoms with E-state index in [4.69, 9.17) is 0 Å². The summed E-state index contributed by atoms with van der Waals surface area (Å²) in [4.78, 5) is 14.7. The quantitative estimate of drug-likeness (QED) is 0.940. The molecule has 5 heteroatoms. The molecule has 2 aromatic rings. The number of hydrogen-bond acceptors (Lipinski definition) is 3. The number of likely N-dealkylation sites (tertiary alicyclic amines) is 1. The van der Waals surface area contributed by atoms with Crippen molar-refractivity contribution < 1.29 is 4.79 Å². The summed E-state index contributed by atoms with van der Waals surface area (Å²) in [6, 6.07) is 10.6. The van der Waals surface area contributed by atoms with Gasteiger partial charge >= 0.3 is 0 Å². The number of benzene rings is 1. The van der Waals surface area contributed by atoms with Crippen molar-refractivity contribution >= 4 is 5.91 Å². The SMILES string of the molecule is CNC1CCCN(C(=O)c2cnn(Cc3ccccc3)c2C)C1. The van der Waals surface area contributed by atoms with Crippen molar-refractivity contribution in [2.45, 2.75) is 32.4 Å². The Bertz CT molecular complexity index is 665. The number of rotatable bonds is 4. The minimum absolute atomic E-state index is 0.0989. The monoisotopic (exact) mass is 312 g/mol. The van der Waals surface area contributed by atoms with Crippen LogP contribution < -0.4 is 5.32 Å². The minimum atomic E-state index is 0.0989. The van der Waals surface area contributed by atoms with E-state index in [2.05, 4.69) is 22.5 Å². The number of carbonyl (C=O) groups excluding carboxylic acids is 1. The molecule has 0 saturated carbocycles. The Hall–Kier alpha value is -2.14. The molecule has 1 fully saturated rings. The van der Waals surface area contributed by atoms with Crippen LogP contribution in [0.25, 0.3) is 0 Å². The summed E-state index contributed by atoms with van der Waals surface area (Å²) in [5.74, 6) is 0.0989. The average molecular weight is 312 g/mol. The molecule has 1 aromatic heterocycles. The van der Waals surface area contributed by atoms with Gasteiger partial charge in [-0.25, -0.2) is 0 Å². The van der Waals surface area contributed by atoms with E-state index in [1.165, 1.54) is 5.56 Å². The van der Waals surface area contributed by atoms with Crippen LogP contribution in [0.5, 0.6) is 0 Å². The second-order valence-corrected chi connectivity index (χ2v) is 6.17. The molecule has 1 saturated heterocycles. The van der Waals surface area contributed by atoms with Crippen molar-refractivity contribution in [3.05, 3.63) is 53.3 Å². The standard InChI is InChI=1S/C18H24N4O/c1-14-17(18(23)21-10-6-9-16(13-21)19-2)11-20-22(14)12-15-7-4-3-5-8-15/h3-5,7-8,11,16,19H,6,9-10,12-13H2,1-2H3. The van der Waals surface area contributed by atoms with Crippen molar-refractivity contribution in [3.8, 4) is 0 Å². The molecule has 1 atom stereocenters. The van der Waals surface area contributed by atoms with E-state index in [1.807, 2.05) is 41.8 Å². The van der Waals surface area contributed by atoms with E-state index in [1.54, 1.807) is 6.20 Å². The van der Waals surface area contributed by atoms with Gasteiger partial charge in [0.05, 0.1) is 18.3 Å². The highest BCUT2D eigenvalue weighted by Gasteiger charge is 2.25. The van der Waals surface area contributed by atoms with Crippen LogP contribution in [0, 0.1) is 6.92 Å². The van der Waals surface area contributed by atoms with Gasteiger partial charge in [0, 0.05) is 24.8 Å². The zero-order valence-electron chi connectivity index (χ0n) is 13.8. The number of hydrogen-bond donors (Lipinski definition) is 1. The van der Waals surface area contributed by atoms with Gasteiger partial charge in [-0.15, -0.1) is 0 Å². The summed E-state index contributed by atoms with van der Waals surface area (Å²) < 4.78 is 1.90. The first-order valence-electron chi connectivity index (χ1n) is 8.22. The van der Waals surface area contributed by atoms with Gasteiger partial charge in [0.15, 0.2) is 0 Å². The smallest absolute Gasteiger partial charge is 0.257 e. The van der Waals surface area contributed by atoms with Gasteiger partial charge in [-0.05, 0) is 32.4 Å². The summed E-state index contributed by atoms with van der Waals surface area (Å²) in [7, 11) is 1.96. The molecule has 1 amide bonds. The summed E-state index contributed by atoms with van der Waals surface area (Å²) in [5, 5.41) is 7.70. The van der Waals surface area contributed by atoms with E-state index in [0.29, 0.717) is 12.6 Å². The topological polar surface area (TPSA) is 50.2 Å². The Labute approximate surface area is 137 Å². The fraction of sp³-hybridized carbons (Fsp3) is 0.444. The number of aromatic nitrogens is 2. The molecular weight excluding hydrogens is 288 g/mol. The molecule has 122 valence electrons. The van der Waals surface area contributed by atoms with Crippen molar-refractivity contribution in [1.29, 1.82) is 0 Å². The van der Waals surface area contributed by atoms with E-state index < -0.39 is 0 Å². The van der Waals surface area contributed by atoms with Gasteiger partial charge in [-0.2, -0.15) is 5.10 Å². The molecule has 0 bridgehead atoms. The lowest BCUT2D eigenvalue weighted by Gasteiger charge is -2.32. The Morgan fingerprint density at radius 1 is 1.35 bits per heavy atom. The molecule has 23 heavy (non-hydrogen) atoms. The lowest BCUT2D eigenvalue weighted by Crippen LogP contribution is -2.47. The van der Waals surface area contributed by atoms with Crippen LogP contribution in [-0.4, -0.2) is 46.8 Å². The van der Waals surface area contributed by atoms with Crippen LogP contribution >= 0.6 is 0 Å². The van der Waals surface area contributed by atoms with Crippen molar-refractivity contribution in [2.24, 2.45) is 0 Å². The minimum Gasteiger partial charge on any atom is -0.337 e. The highest BCUT2D eigenvalue weighted by atomic mass is 16.2. The maximum Gasteiger partial charge on any atom is 0.257 e. The molecule has 1 aliphatic heterocycles. The highest BCUT2D eigenvalue weighted by molar-refractivity contribution is 5.95. The van der Waals surface area contributed by atoms with Crippen molar-refractivity contribution in [1.82, 2.24) is 20.0 Å². The molecule has 5 nitrogen and oxygen atoms in total.